The molecule has 26 heavy (non-hydrogen) atoms. The third-order valence-corrected chi connectivity index (χ3v) is 4.89. The Bertz CT molecular complexity index is 803. The van der Waals surface area contributed by atoms with Crippen LogP contribution in [-0.2, 0) is 4.74 Å². The number of aromatic amines is 1. The molecular weight excluding hydrogens is 400 g/mol. The number of halogens is 1. The van der Waals surface area contributed by atoms with E-state index in [2.05, 4.69) is 31.2 Å². The highest BCUT2D eigenvalue weighted by Gasteiger charge is 2.34. The Hall–Kier alpha value is -2.35. The molecule has 0 aliphatic carbocycles. The second-order valence-electron chi connectivity index (χ2n) is 5.98. The molecule has 0 unspecified atom stereocenters. The fourth-order valence-corrected chi connectivity index (χ4v) is 3.40. The molecule has 2 amide bonds. The quantitative estimate of drug-likeness (QED) is 0.791. The summed E-state index contributed by atoms with van der Waals surface area (Å²) in [6.07, 6.45) is 1.30. The van der Waals surface area contributed by atoms with Gasteiger partial charge in [-0.2, -0.15) is 0 Å². The first-order valence-corrected chi connectivity index (χ1v) is 9.35. The molecule has 8 heteroatoms. The van der Waals surface area contributed by atoms with Gasteiger partial charge in [0.05, 0.1) is 12.6 Å². The maximum Gasteiger partial charge on any atom is 0.410 e. The van der Waals surface area contributed by atoms with Gasteiger partial charge in [0, 0.05) is 23.6 Å². The summed E-state index contributed by atoms with van der Waals surface area (Å²) in [4.78, 5) is 34.0. The van der Waals surface area contributed by atoms with Crippen molar-refractivity contribution in [3.8, 4) is 11.3 Å². The lowest BCUT2D eigenvalue weighted by atomic mass is 10.1. The minimum atomic E-state index is -0.349. The van der Waals surface area contributed by atoms with Crippen LogP contribution in [0.15, 0.2) is 28.7 Å². The highest BCUT2D eigenvalue weighted by molar-refractivity contribution is 9.10. The van der Waals surface area contributed by atoms with Crippen molar-refractivity contribution in [2.45, 2.75) is 25.8 Å². The molecule has 1 aromatic heterocycles. The second kappa shape index (κ2) is 7.90. The molecule has 0 bridgehead atoms. The van der Waals surface area contributed by atoms with Crippen molar-refractivity contribution < 1.29 is 14.3 Å². The van der Waals surface area contributed by atoms with Crippen LogP contribution in [0.25, 0.3) is 11.3 Å². The van der Waals surface area contributed by atoms with Gasteiger partial charge in [0.15, 0.2) is 0 Å². The monoisotopic (exact) mass is 420 g/mol. The minimum absolute atomic E-state index is 0.221. The average molecular weight is 421 g/mol. The zero-order valence-electron chi connectivity index (χ0n) is 14.7. The summed E-state index contributed by atoms with van der Waals surface area (Å²) in [5.74, 6) is 0.356. The van der Waals surface area contributed by atoms with E-state index in [1.54, 1.807) is 18.9 Å². The highest BCUT2D eigenvalue weighted by Crippen LogP contribution is 2.33. The van der Waals surface area contributed by atoms with E-state index >= 15 is 0 Å². The van der Waals surface area contributed by atoms with Crippen LogP contribution in [0, 0.1) is 0 Å². The minimum Gasteiger partial charge on any atom is -0.450 e. The number of ether oxygens (including phenoxy) is 1. The van der Waals surface area contributed by atoms with Crippen molar-refractivity contribution >= 4 is 27.9 Å². The van der Waals surface area contributed by atoms with Gasteiger partial charge in [-0.1, -0.05) is 28.1 Å². The molecule has 1 atom stereocenters. The summed E-state index contributed by atoms with van der Waals surface area (Å²) < 4.78 is 6.09. The average Bonchev–Trinajstić information content (AvgIpc) is 3.29. The van der Waals surface area contributed by atoms with Crippen molar-refractivity contribution in [1.29, 1.82) is 0 Å². The van der Waals surface area contributed by atoms with E-state index in [-0.39, 0.29) is 18.0 Å². The second-order valence-corrected chi connectivity index (χ2v) is 6.90. The number of carbonyl (C=O) groups excluding carboxylic acids is 2. The molecule has 0 spiro atoms. The maximum absolute atomic E-state index is 12.3. The largest absolute Gasteiger partial charge is 0.450 e. The number of nitrogens with one attached hydrogen (secondary N) is 2. The third kappa shape index (κ3) is 3.60. The molecule has 0 radical (unpaired) electrons. The van der Waals surface area contributed by atoms with Gasteiger partial charge in [-0.25, -0.2) is 9.78 Å². The number of aromatic nitrogens is 2. The molecule has 1 saturated heterocycles. The number of hydrogen-bond donors (Lipinski definition) is 2. The fourth-order valence-electron chi connectivity index (χ4n) is 3.13. The standard InChI is InChI=1S/C18H21BrN4O3/c1-3-26-18(25)23-10-4-5-13(23)16-21-14(15(22-16)17(24)20-2)11-6-8-12(19)9-7-11/h6-9,13H,3-5,10H2,1-2H3,(H,20,24)(H,21,22)/t13-/m0/s1. The number of hydrogen-bond acceptors (Lipinski definition) is 4. The number of nitrogens with zero attached hydrogens (tertiary/aromatic N) is 2. The Morgan fingerprint density at radius 3 is 2.77 bits per heavy atom. The lowest BCUT2D eigenvalue weighted by Gasteiger charge is -2.22. The van der Waals surface area contributed by atoms with E-state index in [1.165, 1.54) is 0 Å². The van der Waals surface area contributed by atoms with Crippen LogP contribution in [0.2, 0.25) is 0 Å². The van der Waals surface area contributed by atoms with E-state index in [1.807, 2.05) is 24.3 Å². The van der Waals surface area contributed by atoms with E-state index in [4.69, 9.17) is 4.74 Å². The molecule has 2 heterocycles. The Morgan fingerprint density at radius 1 is 1.38 bits per heavy atom. The van der Waals surface area contributed by atoms with Crippen LogP contribution < -0.4 is 5.32 Å². The molecule has 1 fully saturated rings. The Labute approximate surface area is 160 Å². The molecule has 3 rings (SSSR count). The van der Waals surface area contributed by atoms with Gasteiger partial charge in [0.25, 0.3) is 5.91 Å². The van der Waals surface area contributed by atoms with Crippen LogP contribution in [0.4, 0.5) is 4.79 Å². The number of likely N-dealkylation sites (tertiary alicyclic amines) is 1. The first-order chi connectivity index (χ1) is 12.5. The van der Waals surface area contributed by atoms with Gasteiger partial charge in [-0.05, 0) is 31.9 Å². The molecule has 1 aliphatic rings. The van der Waals surface area contributed by atoms with Gasteiger partial charge < -0.3 is 15.0 Å². The van der Waals surface area contributed by atoms with Gasteiger partial charge in [0.1, 0.15) is 17.2 Å². The molecular formula is C18H21BrN4O3. The SMILES string of the molecule is CCOC(=O)N1CCC[C@H]1c1nc(-c2ccc(Br)cc2)c(C(=O)NC)[nH]1. The van der Waals surface area contributed by atoms with Crippen LogP contribution in [-0.4, -0.2) is 47.1 Å². The lowest BCUT2D eigenvalue weighted by Crippen LogP contribution is -2.31. The molecule has 1 aromatic carbocycles. The van der Waals surface area contributed by atoms with Gasteiger partial charge in [-0.15, -0.1) is 0 Å². The fraction of sp³-hybridized carbons (Fsp3) is 0.389. The normalized spacial score (nSPS) is 16.6. The van der Waals surface area contributed by atoms with Gasteiger partial charge in [-0.3, -0.25) is 9.69 Å². The molecule has 7 nitrogen and oxygen atoms in total. The number of imidazole rings is 1. The number of benzene rings is 1. The summed E-state index contributed by atoms with van der Waals surface area (Å²) in [5, 5.41) is 2.64. The third-order valence-electron chi connectivity index (χ3n) is 4.36. The predicted molar refractivity (Wildman–Crippen MR) is 101 cm³/mol. The summed E-state index contributed by atoms with van der Waals surface area (Å²) in [7, 11) is 1.58. The maximum atomic E-state index is 12.3. The van der Waals surface area contributed by atoms with Crippen LogP contribution in [0.5, 0.6) is 0 Å². The molecule has 138 valence electrons. The molecule has 0 saturated carbocycles. The number of H-pyrrole nitrogens is 1. The summed E-state index contributed by atoms with van der Waals surface area (Å²) >= 11 is 3.41. The van der Waals surface area contributed by atoms with E-state index in [0.29, 0.717) is 30.4 Å². The predicted octanol–water partition coefficient (Wildman–Crippen LogP) is 3.49. The first-order valence-electron chi connectivity index (χ1n) is 8.56. The molecule has 2 N–H and O–H groups in total. The van der Waals surface area contributed by atoms with E-state index < -0.39 is 0 Å². The zero-order valence-corrected chi connectivity index (χ0v) is 16.3. The van der Waals surface area contributed by atoms with Crippen LogP contribution >= 0.6 is 15.9 Å². The smallest absolute Gasteiger partial charge is 0.410 e. The number of amides is 2. The van der Waals surface area contributed by atoms with Crippen molar-refractivity contribution in [3.63, 3.8) is 0 Å². The Kier molecular flexibility index (Phi) is 5.61. The summed E-state index contributed by atoms with van der Waals surface area (Å²) in [6, 6.07) is 7.37. The van der Waals surface area contributed by atoms with Crippen LogP contribution in [0.3, 0.4) is 0 Å². The van der Waals surface area contributed by atoms with Crippen molar-refractivity contribution in [1.82, 2.24) is 20.2 Å². The Morgan fingerprint density at radius 2 is 2.12 bits per heavy atom. The van der Waals surface area contributed by atoms with Crippen molar-refractivity contribution in [2.75, 3.05) is 20.2 Å². The van der Waals surface area contributed by atoms with Gasteiger partial charge in [0.2, 0.25) is 0 Å². The van der Waals surface area contributed by atoms with E-state index in [0.717, 1.165) is 22.9 Å². The van der Waals surface area contributed by atoms with Crippen molar-refractivity contribution in [2.24, 2.45) is 0 Å². The van der Waals surface area contributed by atoms with E-state index in [9.17, 15) is 9.59 Å². The molecule has 2 aromatic rings. The lowest BCUT2D eigenvalue weighted by molar-refractivity contribution is 0.0959. The number of rotatable bonds is 4. The van der Waals surface area contributed by atoms with Crippen LogP contribution in [0.1, 0.15) is 42.1 Å². The van der Waals surface area contributed by atoms with Crippen molar-refractivity contribution in [3.05, 3.63) is 40.3 Å². The Balaban J connectivity index is 1.99. The summed E-state index contributed by atoms with van der Waals surface area (Å²) in [6.45, 7) is 2.73. The highest BCUT2D eigenvalue weighted by atomic mass is 79.9. The summed E-state index contributed by atoms with van der Waals surface area (Å²) in [5.41, 5.74) is 1.79. The first kappa shape index (κ1) is 18.4. The zero-order chi connectivity index (χ0) is 18.7. The molecule has 1 aliphatic heterocycles. The number of carbonyl (C=O) groups is 2. The van der Waals surface area contributed by atoms with Gasteiger partial charge >= 0.3 is 6.09 Å². The topological polar surface area (TPSA) is 87.3 Å².